The lowest BCUT2D eigenvalue weighted by Gasteiger charge is -2.32. The number of halogens is 1. The Bertz CT molecular complexity index is 449. The molecule has 1 saturated heterocycles. The average Bonchev–Trinajstić information content (AvgIpc) is 2.47. The molecule has 2 heterocycles. The Kier molecular flexibility index (Phi) is 3.11. The Morgan fingerprint density at radius 1 is 1.17 bits per heavy atom. The van der Waals surface area contributed by atoms with Crippen molar-refractivity contribution in [3.8, 4) is 5.88 Å². The normalized spacial score (nSPS) is 21.1. The molecule has 0 bridgehead atoms. The van der Waals surface area contributed by atoms with Crippen LogP contribution in [0.2, 0.25) is 0 Å². The highest BCUT2D eigenvalue weighted by molar-refractivity contribution is 6.61. The molecule has 0 spiro atoms. The summed E-state index contributed by atoms with van der Waals surface area (Å²) < 4.78 is 30.0. The summed E-state index contributed by atoms with van der Waals surface area (Å²) in [6.45, 7) is 7.74. The lowest BCUT2D eigenvalue weighted by atomic mass is 9.84. The Hall–Kier alpha value is -1.14. The molecule has 1 aromatic rings. The van der Waals surface area contributed by atoms with E-state index in [0.29, 0.717) is 5.59 Å². The van der Waals surface area contributed by atoms with Crippen LogP contribution in [-0.4, -0.2) is 30.4 Å². The average molecular weight is 253 g/mol. The van der Waals surface area contributed by atoms with E-state index in [1.165, 1.54) is 19.2 Å². The summed E-state index contributed by atoms with van der Waals surface area (Å²) in [7, 11) is 0.759. The molecule has 0 amide bonds. The van der Waals surface area contributed by atoms with Crippen LogP contribution in [0.25, 0.3) is 0 Å². The quantitative estimate of drug-likeness (QED) is 0.749. The molecular weight excluding hydrogens is 236 g/mol. The summed E-state index contributed by atoms with van der Waals surface area (Å²) in [6.07, 6.45) is 0. The van der Waals surface area contributed by atoms with Gasteiger partial charge in [-0.1, -0.05) is 0 Å². The van der Waals surface area contributed by atoms with Crippen molar-refractivity contribution in [1.82, 2.24) is 4.98 Å². The van der Waals surface area contributed by atoms with Crippen LogP contribution in [0.15, 0.2) is 12.1 Å². The van der Waals surface area contributed by atoms with Crippen LogP contribution >= 0.6 is 0 Å². The summed E-state index contributed by atoms with van der Waals surface area (Å²) in [6, 6.07) is 2.51. The van der Waals surface area contributed by atoms with Gasteiger partial charge in [-0.2, -0.15) is 0 Å². The fourth-order valence-electron chi connectivity index (χ4n) is 1.68. The molecular formula is C12H17BFNO3. The maximum absolute atomic E-state index is 13.4. The minimum Gasteiger partial charge on any atom is -0.481 e. The molecule has 0 unspecified atom stereocenters. The minimum absolute atomic E-state index is 0.208. The fourth-order valence-corrected chi connectivity index (χ4v) is 1.68. The van der Waals surface area contributed by atoms with Crippen molar-refractivity contribution in [2.24, 2.45) is 0 Å². The van der Waals surface area contributed by atoms with Gasteiger partial charge in [0, 0.05) is 6.07 Å². The lowest BCUT2D eigenvalue weighted by molar-refractivity contribution is 0.00578. The van der Waals surface area contributed by atoms with Crippen molar-refractivity contribution >= 4 is 12.7 Å². The second kappa shape index (κ2) is 4.21. The minimum atomic E-state index is -0.681. The van der Waals surface area contributed by atoms with Crippen LogP contribution < -0.4 is 10.3 Å². The molecule has 1 aromatic heterocycles. The smallest absolute Gasteiger partial charge is 0.481 e. The van der Waals surface area contributed by atoms with Crippen LogP contribution in [0.1, 0.15) is 27.7 Å². The van der Waals surface area contributed by atoms with Crippen LogP contribution in [0, 0.1) is 5.82 Å². The van der Waals surface area contributed by atoms with Gasteiger partial charge in [0.05, 0.1) is 23.9 Å². The summed E-state index contributed by atoms with van der Waals surface area (Å²) in [5.41, 5.74) is -0.567. The molecule has 0 aliphatic carbocycles. The summed E-state index contributed by atoms with van der Waals surface area (Å²) in [5.74, 6) is -0.216. The Labute approximate surface area is 107 Å². The van der Waals surface area contributed by atoms with E-state index in [4.69, 9.17) is 14.0 Å². The first-order valence-corrected chi connectivity index (χ1v) is 5.82. The highest BCUT2D eigenvalue weighted by Gasteiger charge is 2.52. The second-order valence-electron chi connectivity index (χ2n) is 5.34. The van der Waals surface area contributed by atoms with Crippen molar-refractivity contribution in [1.29, 1.82) is 0 Å². The zero-order valence-electron chi connectivity index (χ0n) is 11.3. The van der Waals surface area contributed by atoms with Gasteiger partial charge in [-0.25, -0.2) is 9.37 Å². The van der Waals surface area contributed by atoms with Crippen molar-refractivity contribution in [2.75, 3.05) is 7.11 Å². The van der Waals surface area contributed by atoms with E-state index in [1.807, 2.05) is 27.7 Å². The van der Waals surface area contributed by atoms with E-state index in [1.54, 1.807) is 0 Å². The SMILES string of the molecule is COc1cc(F)cc(B2OC(C)(C)C(C)(C)O2)n1. The highest BCUT2D eigenvalue weighted by Crippen LogP contribution is 2.36. The largest absolute Gasteiger partial charge is 0.514 e. The fraction of sp³-hybridized carbons (Fsp3) is 0.583. The number of hydrogen-bond donors (Lipinski definition) is 0. The van der Waals surface area contributed by atoms with Crippen LogP contribution in [0.3, 0.4) is 0 Å². The summed E-state index contributed by atoms with van der Waals surface area (Å²) in [5, 5.41) is 0. The number of methoxy groups -OCH3 is 1. The summed E-state index contributed by atoms with van der Waals surface area (Å²) in [4.78, 5) is 4.15. The predicted molar refractivity (Wildman–Crippen MR) is 66.5 cm³/mol. The Morgan fingerprint density at radius 3 is 2.22 bits per heavy atom. The molecule has 4 nitrogen and oxygen atoms in total. The van der Waals surface area contributed by atoms with Crippen LogP contribution in [0.5, 0.6) is 5.88 Å². The molecule has 0 N–H and O–H groups in total. The van der Waals surface area contributed by atoms with E-state index in [0.717, 1.165) is 0 Å². The van der Waals surface area contributed by atoms with Gasteiger partial charge in [0.2, 0.25) is 5.88 Å². The molecule has 0 atom stereocenters. The first kappa shape index (κ1) is 13.3. The third-order valence-corrected chi connectivity index (χ3v) is 3.49. The predicted octanol–water partition coefficient (Wildman–Crippen LogP) is 1.53. The van der Waals surface area contributed by atoms with Gasteiger partial charge in [0.15, 0.2) is 0 Å². The molecule has 0 radical (unpaired) electrons. The van der Waals surface area contributed by atoms with Crippen LogP contribution in [0.4, 0.5) is 4.39 Å². The number of aromatic nitrogens is 1. The van der Waals surface area contributed by atoms with E-state index in [9.17, 15) is 4.39 Å². The number of rotatable bonds is 2. The first-order valence-electron chi connectivity index (χ1n) is 5.82. The van der Waals surface area contributed by atoms with E-state index in [-0.39, 0.29) is 5.88 Å². The van der Waals surface area contributed by atoms with Gasteiger partial charge < -0.3 is 14.0 Å². The van der Waals surface area contributed by atoms with E-state index in [2.05, 4.69) is 4.98 Å². The van der Waals surface area contributed by atoms with Crippen molar-refractivity contribution in [2.45, 2.75) is 38.9 Å². The van der Waals surface area contributed by atoms with Crippen molar-refractivity contribution in [3.63, 3.8) is 0 Å². The molecule has 0 aromatic carbocycles. The maximum Gasteiger partial charge on any atom is 0.514 e. The maximum atomic E-state index is 13.4. The number of nitrogens with zero attached hydrogens (tertiary/aromatic N) is 1. The van der Waals surface area contributed by atoms with Gasteiger partial charge in [-0.15, -0.1) is 0 Å². The lowest BCUT2D eigenvalue weighted by Crippen LogP contribution is -2.41. The number of pyridine rings is 1. The molecule has 6 heteroatoms. The molecule has 18 heavy (non-hydrogen) atoms. The van der Waals surface area contributed by atoms with Gasteiger partial charge in [-0.05, 0) is 33.8 Å². The molecule has 98 valence electrons. The standard InChI is InChI=1S/C12H17BFNO3/c1-11(2)12(3,4)18-13(17-11)9-6-8(14)7-10(15-9)16-5/h6-7H,1-5H3. The van der Waals surface area contributed by atoms with Gasteiger partial charge in [0.1, 0.15) is 5.82 Å². The molecule has 1 aliphatic heterocycles. The number of ether oxygens (including phenoxy) is 1. The molecule has 0 saturated carbocycles. The van der Waals surface area contributed by atoms with Crippen LogP contribution in [-0.2, 0) is 9.31 Å². The summed E-state index contributed by atoms with van der Waals surface area (Å²) >= 11 is 0. The molecule has 2 rings (SSSR count). The third kappa shape index (κ3) is 2.22. The van der Waals surface area contributed by atoms with E-state index < -0.39 is 24.1 Å². The van der Waals surface area contributed by atoms with Crippen molar-refractivity contribution < 1.29 is 18.4 Å². The number of hydrogen-bond acceptors (Lipinski definition) is 4. The van der Waals surface area contributed by atoms with Gasteiger partial charge in [-0.3, -0.25) is 0 Å². The zero-order chi connectivity index (χ0) is 13.6. The Morgan fingerprint density at radius 2 is 1.72 bits per heavy atom. The Balaban J connectivity index is 2.32. The third-order valence-electron chi connectivity index (χ3n) is 3.49. The monoisotopic (exact) mass is 253 g/mol. The second-order valence-corrected chi connectivity index (χ2v) is 5.34. The molecule has 1 fully saturated rings. The highest BCUT2D eigenvalue weighted by atomic mass is 19.1. The zero-order valence-corrected chi connectivity index (χ0v) is 11.3. The van der Waals surface area contributed by atoms with Gasteiger partial charge in [0.25, 0.3) is 0 Å². The topological polar surface area (TPSA) is 40.6 Å². The molecule has 1 aliphatic rings. The first-order chi connectivity index (χ1) is 8.25. The van der Waals surface area contributed by atoms with E-state index >= 15 is 0 Å². The van der Waals surface area contributed by atoms with Gasteiger partial charge >= 0.3 is 7.12 Å². The van der Waals surface area contributed by atoms with Crippen molar-refractivity contribution in [3.05, 3.63) is 17.9 Å².